The maximum absolute atomic E-state index is 15.4. The topological polar surface area (TPSA) is 106 Å². The lowest BCUT2D eigenvalue weighted by molar-refractivity contribution is -0.138. The number of thioether (sulfide) groups is 1. The lowest BCUT2D eigenvalue weighted by Crippen LogP contribution is -2.44. The molecular weight excluding hydrogens is 588 g/mol. The second-order valence-corrected chi connectivity index (χ2v) is 12.2. The molecule has 5 aromatic rings. The molecule has 2 N–H and O–H groups in total. The van der Waals surface area contributed by atoms with Crippen LogP contribution in [0.2, 0.25) is 0 Å². The van der Waals surface area contributed by atoms with Crippen LogP contribution in [0.15, 0.2) is 83.3 Å². The number of alkyl carbamates (subject to hydrolysis) is 1. The summed E-state index contributed by atoms with van der Waals surface area (Å²) in [4.78, 5) is 36.7. The number of furan rings is 1. The number of carbonyl (C=O) groups excluding carboxylic acids is 2. The van der Waals surface area contributed by atoms with Gasteiger partial charge in [-0.1, -0.05) is 60.7 Å². The van der Waals surface area contributed by atoms with Gasteiger partial charge in [-0.25, -0.2) is 18.4 Å². The lowest BCUT2D eigenvalue weighted by atomic mass is 9.97. The van der Waals surface area contributed by atoms with Crippen LogP contribution in [0.4, 0.5) is 13.6 Å². The molecule has 7 nitrogen and oxygen atoms in total. The number of nitrogens with one attached hydrogen (secondary N) is 1. The molecule has 0 saturated carbocycles. The largest absolute Gasteiger partial charge is 0.480 e. The third-order valence-electron chi connectivity index (χ3n) is 6.77. The fraction of sp³-hybridized carbons (Fsp3) is 0.206. The smallest absolute Gasteiger partial charge is 0.408 e. The highest BCUT2D eigenvalue weighted by molar-refractivity contribution is 7.98. The molecule has 1 atom stereocenters. The zero-order chi connectivity index (χ0) is 31.6. The van der Waals surface area contributed by atoms with Crippen LogP contribution < -0.4 is 5.32 Å². The number of benzene rings is 4. The fourth-order valence-electron chi connectivity index (χ4n) is 4.72. The van der Waals surface area contributed by atoms with Gasteiger partial charge < -0.3 is 19.6 Å². The number of halogens is 2. The van der Waals surface area contributed by atoms with Crippen molar-refractivity contribution in [1.82, 2.24) is 5.32 Å². The van der Waals surface area contributed by atoms with E-state index in [1.54, 1.807) is 26.8 Å². The van der Waals surface area contributed by atoms with Gasteiger partial charge in [0.2, 0.25) is 0 Å². The number of rotatable bonds is 9. The standard InChI is InChI=1S/C34H29F2NO6S/c1-34(2,3)43-33(41)37-28(32(39)40)18-44-17-21-12-11-19(15-26(21)35)30(38)20-13-14-22(27(36)16-20)24-8-6-9-25-23-7-4-5-10-29(23)42-31(24)25/h4-16,28H,17-18H2,1-3H3,(H,37,41)(H,39,40). The second kappa shape index (κ2) is 12.5. The highest BCUT2D eigenvalue weighted by Crippen LogP contribution is 2.37. The van der Waals surface area contributed by atoms with Gasteiger partial charge in [0.1, 0.15) is 34.4 Å². The molecule has 0 aliphatic carbocycles. The first-order valence-corrected chi connectivity index (χ1v) is 14.9. The van der Waals surface area contributed by atoms with Gasteiger partial charge in [-0.15, -0.1) is 0 Å². The first-order valence-electron chi connectivity index (χ1n) is 13.7. The van der Waals surface area contributed by atoms with E-state index in [1.165, 1.54) is 24.3 Å². The molecule has 0 bridgehead atoms. The highest BCUT2D eigenvalue weighted by Gasteiger charge is 2.24. The second-order valence-electron chi connectivity index (χ2n) is 11.2. The van der Waals surface area contributed by atoms with E-state index in [0.717, 1.165) is 34.7 Å². The fourth-order valence-corrected chi connectivity index (χ4v) is 5.75. The van der Waals surface area contributed by atoms with Crippen molar-refractivity contribution in [3.63, 3.8) is 0 Å². The number of hydrogen-bond donors (Lipinski definition) is 2. The Balaban J connectivity index is 1.28. The van der Waals surface area contributed by atoms with E-state index >= 15 is 4.39 Å². The van der Waals surface area contributed by atoms with Crippen molar-refractivity contribution in [2.45, 2.75) is 38.2 Å². The molecular formula is C34H29F2NO6S. The van der Waals surface area contributed by atoms with Gasteiger partial charge in [0.05, 0.1) is 0 Å². The highest BCUT2D eigenvalue weighted by atomic mass is 32.2. The third-order valence-corrected chi connectivity index (χ3v) is 7.86. The molecule has 10 heteroatoms. The minimum absolute atomic E-state index is 0.0396. The molecule has 226 valence electrons. The Labute approximate surface area is 256 Å². The summed E-state index contributed by atoms with van der Waals surface area (Å²) in [7, 11) is 0. The molecule has 44 heavy (non-hydrogen) atoms. The molecule has 1 unspecified atom stereocenters. The van der Waals surface area contributed by atoms with Crippen LogP contribution in [-0.2, 0) is 15.3 Å². The van der Waals surface area contributed by atoms with E-state index in [-0.39, 0.29) is 33.8 Å². The van der Waals surface area contributed by atoms with E-state index in [1.807, 2.05) is 36.4 Å². The summed E-state index contributed by atoms with van der Waals surface area (Å²) in [6.07, 6.45) is -0.865. The number of para-hydroxylation sites is 2. The molecule has 0 aliphatic heterocycles. The maximum Gasteiger partial charge on any atom is 0.408 e. The maximum atomic E-state index is 15.4. The molecule has 1 aromatic heterocycles. The van der Waals surface area contributed by atoms with Crippen LogP contribution in [0.5, 0.6) is 0 Å². The van der Waals surface area contributed by atoms with Crippen molar-refractivity contribution in [2.24, 2.45) is 0 Å². The van der Waals surface area contributed by atoms with Crippen LogP contribution in [-0.4, -0.2) is 40.3 Å². The van der Waals surface area contributed by atoms with Crippen molar-refractivity contribution in [1.29, 1.82) is 0 Å². The minimum Gasteiger partial charge on any atom is -0.480 e. The van der Waals surface area contributed by atoms with E-state index in [9.17, 15) is 23.9 Å². The van der Waals surface area contributed by atoms with Crippen molar-refractivity contribution < 1.29 is 37.4 Å². The van der Waals surface area contributed by atoms with Crippen molar-refractivity contribution in [3.05, 3.63) is 107 Å². The van der Waals surface area contributed by atoms with Gasteiger partial charge in [0.25, 0.3) is 0 Å². The Bertz CT molecular complexity index is 1890. The monoisotopic (exact) mass is 617 g/mol. The van der Waals surface area contributed by atoms with Crippen LogP contribution in [0.3, 0.4) is 0 Å². The minimum atomic E-state index is -1.25. The first-order chi connectivity index (χ1) is 20.9. The van der Waals surface area contributed by atoms with Crippen LogP contribution in [0, 0.1) is 11.6 Å². The van der Waals surface area contributed by atoms with Crippen LogP contribution in [0.1, 0.15) is 42.3 Å². The summed E-state index contributed by atoms with van der Waals surface area (Å²) in [5, 5.41) is 13.5. The number of ketones is 1. The molecule has 0 fully saturated rings. The van der Waals surface area contributed by atoms with E-state index in [2.05, 4.69) is 5.32 Å². The molecule has 0 spiro atoms. The van der Waals surface area contributed by atoms with Gasteiger partial charge in [-0.3, -0.25) is 4.79 Å². The van der Waals surface area contributed by atoms with E-state index in [4.69, 9.17) is 9.15 Å². The number of carbonyl (C=O) groups is 3. The molecule has 0 saturated heterocycles. The average Bonchev–Trinajstić information content (AvgIpc) is 3.35. The molecule has 4 aromatic carbocycles. The first kappa shape index (κ1) is 30.7. The number of amides is 1. The van der Waals surface area contributed by atoms with Crippen molar-refractivity contribution >= 4 is 51.5 Å². The van der Waals surface area contributed by atoms with Gasteiger partial charge in [-0.05, 0) is 44.5 Å². The predicted octanol–water partition coefficient (Wildman–Crippen LogP) is 7.97. The quantitative estimate of drug-likeness (QED) is 0.162. The zero-order valence-electron chi connectivity index (χ0n) is 24.1. The summed E-state index contributed by atoms with van der Waals surface area (Å²) < 4.78 is 41.5. The van der Waals surface area contributed by atoms with Crippen LogP contribution >= 0.6 is 11.8 Å². The van der Waals surface area contributed by atoms with Gasteiger partial charge in [0.15, 0.2) is 5.78 Å². The van der Waals surface area contributed by atoms with Crippen molar-refractivity contribution in [2.75, 3.05) is 5.75 Å². The Kier molecular flexibility index (Phi) is 8.73. The number of aliphatic carboxylic acids is 1. The lowest BCUT2D eigenvalue weighted by Gasteiger charge is -2.21. The summed E-state index contributed by atoms with van der Waals surface area (Å²) in [6.45, 7) is 4.97. The number of hydrogen-bond acceptors (Lipinski definition) is 6. The molecule has 0 aliphatic rings. The number of carboxylic acid groups (broad SMARTS) is 1. The number of fused-ring (bicyclic) bond motifs is 3. The summed E-state index contributed by atoms with van der Waals surface area (Å²) in [5.41, 5.74) is 1.59. The Morgan fingerprint density at radius 1 is 0.886 bits per heavy atom. The molecule has 1 heterocycles. The van der Waals surface area contributed by atoms with Gasteiger partial charge in [-0.2, -0.15) is 11.8 Å². The zero-order valence-corrected chi connectivity index (χ0v) is 25.0. The average molecular weight is 618 g/mol. The van der Waals surface area contributed by atoms with Gasteiger partial charge >= 0.3 is 12.1 Å². The van der Waals surface area contributed by atoms with E-state index < -0.39 is 41.1 Å². The van der Waals surface area contributed by atoms with Crippen LogP contribution in [0.25, 0.3) is 33.1 Å². The Hall–Kier alpha value is -4.70. The number of ether oxygens (including phenoxy) is 1. The summed E-state index contributed by atoms with van der Waals surface area (Å²) in [6, 6.07) is 19.9. The Morgan fingerprint density at radius 3 is 2.25 bits per heavy atom. The van der Waals surface area contributed by atoms with Gasteiger partial charge in [0, 0.05) is 44.5 Å². The Morgan fingerprint density at radius 2 is 1.57 bits per heavy atom. The molecule has 0 radical (unpaired) electrons. The number of carboxylic acids is 1. The van der Waals surface area contributed by atoms with Crippen molar-refractivity contribution in [3.8, 4) is 11.1 Å². The predicted molar refractivity (Wildman–Crippen MR) is 166 cm³/mol. The third kappa shape index (κ3) is 6.75. The molecule has 5 rings (SSSR count). The van der Waals surface area contributed by atoms with E-state index in [0.29, 0.717) is 16.7 Å². The molecule has 1 amide bonds. The summed E-state index contributed by atoms with van der Waals surface area (Å²) >= 11 is 1.10. The normalized spacial score (nSPS) is 12.3. The summed E-state index contributed by atoms with van der Waals surface area (Å²) in [5.74, 6) is -3.03. The SMILES string of the molecule is CC(C)(C)OC(=O)NC(CSCc1ccc(C(=O)c2ccc(-c3cccc4c3oc3ccccc34)c(F)c2)cc1F)C(=O)O.